The molecule has 0 radical (unpaired) electrons. The van der Waals surface area contributed by atoms with Crippen LogP contribution in [-0.2, 0) is 0 Å². The van der Waals surface area contributed by atoms with Gasteiger partial charge in [-0.1, -0.05) is 98.5 Å². The molecule has 232 valence electrons. The third-order valence-electron chi connectivity index (χ3n) is 10.1. The number of aryl methyl sites for hydroxylation is 1. The molecule has 6 heteroatoms. The lowest BCUT2D eigenvalue weighted by atomic mass is 9.82. The number of nitrogens with zero attached hydrogens (tertiary/aromatic N) is 2. The van der Waals surface area contributed by atoms with Gasteiger partial charge in [-0.05, 0) is 83.6 Å². The van der Waals surface area contributed by atoms with Gasteiger partial charge in [-0.25, -0.2) is 0 Å². The first-order valence-electron chi connectivity index (χ1n) is 15.8. The van der Waals surface area contributed by atoms with Gasteiger partial charge in [0, 0.05) is 17.1 Å². The third kappa shape index (κ3) is 6.98. The van der Waals surface area contributed by atoms with E-state index in [0.717, 1.165) is 24.0 Å². The maximum atomic E-state index is 13.3. The zero-order valence-corrected chi connectivity index (χ0v) is 27.1. The highest BCUT2D eigenvalue weighted by Crippen LogP contribution is 2.44. The van der Waals surface area contributed by atoms with E-state index in [-0.39, 0.29) is 29.1 Å². The molecule has 3 N–H and O–H groups in total. The lowest BCUT2D eigenvalue weighted by molar-refractivity contribution is 0.0763. The molecule has 3 aromatic carbocycles. The molecule has 1 amide bonds. The molecule has 0 bridgehead atoms. The Labute approximate surface area is 259 Å². The number of nitrogens with one attached hydrogen (secondary N) is 1. The standard InChI is InChI=1S/C23H30N2O2.C14H22N2/c1-17-11-10-14-19(27-4)20(17)22(26)24-21(18-12-6-5-7-13-18)23(25(2)3)15-8-9-16-23;1-16(2)14(10-6-7-11-14)13(15)12-8-4-3-5-9-12/h5-7,10-14,21H,8-9,15-16H2,1-4H3,(H,24,26);3-5,8-9,13H,6-7,10-11,15H2,1-2H3. The Hall–Kier alpha value is -3.19. The summed E-state index contributed by atoms with van der Waals surface area (Å²) in [7, 11) is 10.2. The number of ether oxygens (including phenoxy) is 1. The van der Waals surface area contributed by atoms with Gasteiger partial charge in [0.1, 0.15) is 5.75 Å². The number of nitrogens with two attached hydrogens (primary N) is 1. The first-order chi connectivity index (χ1) is 20.7. The van der Waals surface area contributed by atoms with Gasteiger partial charge in [0.2, 0.25) is 0 Å². The molecule has 2 fully saturated rings. The zero-order chi connectivity index (χ0) is 31.0. The largest absolute Gasteiger partial charge is 0.496 e. The van der Waals surface area contributed by atoms with E-state index in [1.807, 2.05) is 49.4 Å². The van der Waals surface area contributed by atoms with Crippen molar-refractivity contribution < 1.29 is 9.53 Å². The van der Waals surface area contributed by atoms with Crippen molar-refractivity contribution in [2.24, 2.45) is 5.73 Å². The summed E-state index contributed by atoms with van der Waals surface area (Å²) in [5.74, 6) is 0.538. The molecule has 2 saturated carbocycles. The van der Waals surface area contributed by atoms with Crippen LogP contribution in [0, 0.1) is 6.92 Å². The fourth-order valence-corrected chi connectivity index (χ4v) is 7.45. The van der Waals surface area contributed by atoms with E-state index in [1.165, 1.54) is 44.1 Å². The van der Waals surface area contributed by atoms with Gasteiger partial charge >= 0.3 is 0 Å². The Kier molecular flexibility index (Phi) is 11.0. The van der Waals surface area contributed by atoms with Crippen LogP contribution in [0.5, 0.6) is 5.75 Å². The van der Waals surface area contributed by atoms with Crippen LogP contribution in [-0.4, -0.2) is 62.1 Å². The molecule has 6 nitrogen and oxygen atoms in total. The fraction of sp³-hybridized carbons (Fsp3) is 0.486. The van der Waals surface area contributed by atoms with Crippen molar-refractivity contribution in [3.8, 4) is 5.75 Å². The molecule has 0 aliphatic heterocycles. The normalized spacial score (nSPS) is 18.5. The Morgan fingerprint density at radius 1 is 0.744 bits per heavy atom. The van der Waals surface area contributed by atoms with Crippen LogP contribution in [0.4, 0.5) is 0 Å². The van der Waals surface area contributed by atoms with Gasteiger partial charge < -0.3 is 25.6 Å². The molecular weight excluding hydrogens is 532 g/mol. The van der Waals surface area contributed by atoms with Crippen molar-refractivity contribution in [1.82, 2.24) is 15.1 Å². The summed E-state index contributed by atoms with van der Waals surface area (Å²) >= 11 is 0. The summed E-state index contributed by atoms with van der Waals surface area (Å²) in [5.41, 5.74) is 10.5. The van der Waals surface area contributed by atoms with Gasteiger partial charge in [-0.15, -0.1) is 0 Å². The molecule has 2 unspecified atom stereocenters. The average Bonchev–Trinajstić information content (AvgIpc) is 3.73. The predicted octanol–water partition coefficient (Wildman–Crippen LogP) is 6.91. The number of methoxy groups -OCH3 is 1. The van der Waals surface area contributed by atoms with Crippen molar-refractivity contribution >= 4 is 5.91 Å². The second-order valence-corrected chi connectivity index (χ2v) is 12.8. The minimum absolute atomic E-state index is 0.0759. The number of rotatable bonds is 9. The molecule has 0 saturated heterocycles. The van der Waals surface area contributed by atoms with Crippen molar-refractivity contribution in [2.75, 3.05) is 35.3 Å². The van der Waals surface area contributed by atoms with Gasteiger partial charge in [0.05, 0.1) is 18.7 Å². The minimum atomic E-state index is -0.0769. The Morgan fingerprint density at radius 3 is 1.72 bits per heavy atom. The predicted molar refractivity (Wildman–Crippen MR) is 178 cm³/mol. The maximum Gasteiger partial charge on any atom is 0.255 e. The van der Waals surface area contributed by atoms with Crippen LogP contribution in [0.2, 0.25) is 0 Å². The molecule has 2 atom stereocenters. The van der Waals surface area contributed by atoms with E-state index in [0.29, 0.717) is 11.3 Å². The number of hydrogen-bond acceptors (Lipinski definition) is 5. The highest BCUT2D eigenvalue weighted by Gasteiger charge is 2.45. The van der Waals surface area contributed by atoms with Crippen LogP contribution in [0.25, 0.3) is 0 Å². The average molecular weight is 585 g/mol. The number of carbonyl (C=O) groups is 1. The van der Waals surface area contributed by atoms with E-state index in [1.54, 1.807) is 7.11 Å². The first kappa shape index (κ1) is 32.7. The molecule has 0 spiro atoms. The smallest absolute Gasteiger partial charge is 0.255 e. The van der Waals surface area contributed by atoms with E-state index >= 15 is 0 Å². The highest BCUT2D eigenvalue weighted by atomic mass is 16.5. The van der Waals surface area contributed by atoms with Gasteiger partial charge in [0.25, 0.3) is 5.91 Å². The molecule has 2 aliphatic rings. The van der Waals surface area contributed by atoms with E-state index in [9.17, 15) is 4.79 Å². The van der Waals surface area contributed by atoms with E-state index < -0.39 is 0 Å². The molecule has 3 aromatic rings. The van der Waals surface area contributed by atoms with Gasteiger partial charge in [-0.2, -0.15) is 0 Å². The minimum Gasteiger partial charge on any atom is -0.496 e. The van der Waals surface area contributed by atoms with Crippen LogP contribution in [0.3, 0.4) is 0 Å². The molecule has 5 rings (SSSR count). The summed E-state index contributed by atoms with van der Waals surface area (Å²) in [5, 5.41) is 3.37. The van der Waals surface area contributed by atoms with E-state index in [2.05, 4.69) is 79.7 Å². The van der Waals surface area contributed by atoms with Crippen LogP contribution >= 0.6 is 0 Å². The van der Waals surface area contributed by atoms with Crippen LogP contribution in [0.15, 0.2) is 78.9 Å². The maximum absolute atomic E-state index is 13.3. The lowest BCUT2D eigenvalue weighted by Gasteiger charge is -2.44. The summed E-state index contributed by atoms with van der Waals surface area (Å²) < 4.78 is 5.46. The quantitative estimate of drug-likeness (QED) is 0.286. The Bertz CT molecular complexity index is 1300. The fourth-order valence-electron chi connectivity index (χ4n) is 7.45. The second kappa shape index (κ2) is 14.5. The third-order valence-corrected chi connectivity index (χ3v) is 10.1. The summed E-state index contributed by atoms with van der Waals surface area (Å²) in [6.07, 6.45) is 9.56. The molecule has 0 aromatic heterocycles. The highest BCUT2D eigenvalue weighted by molar-refractivity contribution is 5.98. The van der Waals surface area contributed by atoms with Crippen molar-refractivity contribution in [3.63, 3.8) is 0 Å². The molecule has 0 heterocycles. The number of carbonyl (C=O) groups excluding carboxylic acids is 1. The van der Waals surface area contributed by atoms with Crippen molar-refractivity contribution in [1.29, 1.82) is 0 Å². The number of amides is 1. The van der Waals surface area contributed by atoms with Crippen LogP contribution in [0.1, 0.15) is 90.5 Å². The number of hydrogen-bond donors (Lipinski definition) is 2. The topological polar surface area (TPSA) is 70.8 Å². The molecular formula is C37H52N4O2. The lowest BCUT2D eigenvalue weighted by Crippen LogP contribution is -2.53. The number of benzene rings is 3. The number of likely N-dealkylation sites (N-methyl/N-ethyl adjacent to an activating group) is 2. The van der Waals surface area contributed by atoms with Crippen molar-refractivity contribution in [3.05, 3.63) is 101 Å². The Balaban J connectivity index is 0.000000225. The summed E-state index contributed by atoms with van der Waals surface area (Å²) in [4.78, 5) is 18.0. The molecule has 43 heavy (non-hydrogen) atoms. The molecule has 2 aliphatic carbocycles. The van der Waals surface area contributed by atoms with Crippen LogP contribution < -0.4 is 15.8 Å². The first-order valence-corrected chi connectivity index (χ1v) is 15.8. The van der Waals surface area contributed by atoms with E-state index in [4.69, 9.17) is 10.5 Å². The van der Waals surface area contributed by atoms with Gasteiger partial charge in [-0.3, -0.25) is 4.79 Å². The summed E-state index contributed by atoms with van der Waals surface area (Å²) in [6, 6.07) is 26.6. The second-order valence-electron chi connectivity index (χ2n) is 12.8. The van der Waals surface area contributed by atoms with Gasteiger partial charge in [0.15, 0.2) is 0 Å². The Morgan fingerprint density at radius 2 is 1.23 bits per heavy atom. The SMILES string of the molecule is CN(C)C1(C(N)c2ccccc2)CCCC1.COc1cccc(C)c1C(=O)NC(c1ccccc1)C1(N(C)C)CCCC1. The summed E-state index contributed by atoms with van der Waals surface area (Å²) in [6.45, 7) is 1.95. The van der Waals surface area contributed by atoms with Crippen molar-refractivity contribution in [2.45, 2.75) is 81.5 Å². The zero-order valence-electron chi connectivity index (χ0n) is 27.1. The monoisotopic (exact) mass is 584 g/mol.